The van der Waals surface area contributed by atoms with Crippen LogP contribution in [0.4, 0.5) is 0 Å². The third-order valence-corrected chi connectivity index (χ3v) is 5.11. The van der Waals surface area contributed by atoms with Crippen molar-refractivity contribution in [2.45, 2.75) is 13.5 Å². The largest absolute Gasteiger partial charge is 0.454 e. The Morgan fingerprint density at radius 1 is 1.00 bits per heavy atom. The lowest BCUT2D eigenvalue weighted by Crippen LogP contribution is -2.43. The molecule has 1 aliphatic rings. The first-order chi connectivity index (χ1) is 14.9. The number of halogens is 2. The summed E-state index contributed by atoms with van der Waals surface area (Å²) in [5.41, 5.74) is 1.09. The van der Waals surface area contributed by atoms with Crippen LogP contribution in [0.2, 0.25) is 10.0 Å². The molecule has 3 rings (SSSR count). The van der Waals surface area contributed by atoms with E-state index in [1.54, 1.807) is 11.0 Å². The number of hydrogen-bond acceptors (Lipinski definition) is 5. The minimum absolute atomic E-state index is 0.183. The molecule has 0 fully saturated rings. The number of carbonyl (C=O) groups is 3. The molecular formula is C21H21Cl2N3O5. The first-order valence-corrected chi connectivity index (χ1v) is 10.3. The third kappa shape index (κ3) is 6.02. The number of fused-ring (bicyclic) bond motifs is 1. The van der Waals surface area contributed by atoms with Gasteiger partial charge in [0.1, 0.15) is 0 Å². The molecule has 0 aliphatic carbocycles. The van der Waals surface area contributed by atoms with Crippen LogP contribution in [0.15, 0.2) is 36.4 Å². The van der Waals surface area contributed by atoms with E-state index in [2.05, 4.69) is 10.6 Å². The molecule has 31 heavy (non-hydrogen) atoms. The number of benzene rings is 2. The van der Waals surface area contributed by atoms with E-state index >= 15 is 0 Å². The van der Waals surface area contributed by atoms with Crippen LogP contribution in [0.5, 0.6) is 11.5 Å². The van der Waals surface area contributed by atoms with Crippen LogP contribution in [0.3, 0.4) is 0 Å². The molecule has 2 aromatic rings. The summed E-state index contributed by atoms with van der Waals surface area (Å²) in [6.45, 7) is 2.39. The average Bonchev–Trinajstić information content (AvgIpc) is 3.22. The number of hydrogen-bond donors (Lipinski definition) is 2. The van der Waals surface area contributed by atoms with Crippen molar-refractivity contribution in [2.75, 3.05) is 26.4 Å². The van der Waals surface area contributed by atoms with Gasteiger partial charge in [-0.25, -0.2) is 0 Å². The van der Waals surface area contributed by atoms with Crippen molar-refractivity contribution < 1.29 is 23.9 Å². The number of ether oxygens (including phenoxy) is 2. The van der Waals surface area contributed by atoms with Crippen LogP contribution in [0, 0.1) is 0 Å². The zero-order valence-electron chi connectivity index (χ0n) is 16.7. The maximum atomic E-state index is 12.5. The summed E-state index contributed by atoms with van der Waals surface area (Å²) < 4.78 is 10.6. The van der Waals surface area contributed by atoms with Gasteiger partial charge in [0, 0.05) is 18.1 Å². The number of rotatable bonds is 8. The fourth-order valence-electron chi connectivity index (χ4n) is 2.91. The maximum Gasteiger partial charge on any atom is 0.253 e. The number of nitrogens with one attached hydrogen (secondary N) is 2. The van der Waals surface area contributed by atoms with Gasteiger partial charge in [0.15, 0.2) is 11.5 Å². The molecule has 0 aromatic heterocycles. The van der Waals surface area contributed by atoms with Crippen molar-refractivity contribution in [3.8, 4) is 11.5 Å². The second kappa shape index (κ2) is 10.4. The van der Waals surface area contributed by atoms with Gasteiger partial charge in [0.25, 0.3) is 5.91 Å². The fraction of sp³-hybridized carbons (Fsp3) is 0.286. The molecule has 0 radical (unpaired) electrons. The summed E-state index contributed by atoms with van der Waals surface area (Å²) in [6.07, 6.45) is 0. The van der Waals surface area contributed by atoms with Crippen molar-refractivity contribution in [1.29, 1.82) is 0 Å². The molecule has 2 N–H and O–H groups in total. The molecule has 2 aromatic carbocycles. The summed E-state index contributed by atoms with van der Waals surface area (Å²) >= 11 is 11.8. The lowest BCUT2D eigenvalue weighted by Gasteiger charge is -2.21. The number of amides is 3. The first-order valence-electron chi connectivity index (χ1n) is 9.53. The lowest BCUT2D eigenvalue weighted by molar-refractivity contribution is -0.133. The molecule has 0 saturated carbocycles. The van der Waals surface area contributed by atoms with Gasteiger partial charge >= 0.3 is 0 Å². The molecule has 3 amide bonds. The highest BCUT2D eigenvalue weighted by Gasteiger charge is 2.18. The van der Waals surface area contributed by atoms with Crippen LogP contribution in [-0.2, 0) is 16.1 Å². The van der Waals surface area contributed by atoms with Gasteiger partial charge in [-0.05, 0) is 42.8 Å². The Bertz CT molecular complexity index is 999. The van der Waals surface area contributed by atoms with Crippen molar-refractivity contribution in [1.82, 2.24) is 15.5 Å². The molecule has 1 aliphatic heterocycles. The van der Waals surface area contributed by atoms with E-state index in [9.17, 15) is 14.4 Å². The number of nitrogens with zero attached hydrogens (tertiary/aromatic N) is 1. The summed E-state index contributed by atoms with van der Waals surface area (Å²) in [4.78, 5) is 38.3. The van der Waals surface area contributed by atoms with E-state index in [0.717, 1.165) is 5.56 Å². The quantitative estimate of drug-likeness (QED) is 0.624. The molecule has 0 saturated heterocycles. The van der Waals surface area contributed by atoms with E-state index in [-0.39, 0.29) is 36.4 Å². The standard InChI is InChI=1S/C21H21Cl2N3O5/c1-2-26(11-13-3-6-17-18(7-13)31-12-30-17)20(28)10-24-19(27)9-25-21(29)15-5-4-14(22)8-16(15)23/h3-8H,2,9-12H2,1H3,(H,24,27)(H,25,29). The van der Waals surface area contributed by atoms with Crippen LogP contribution in [-0.4, -0.2) is 49.0 Å². The van der Waals surface area contributed by atoms with Crippen molar-refractivity contribution in [3.63, 3.8) is 0 Å². The molecule has 0 atom stereocenters. The topological polar surface area (TPSA) is 97.0 Å². The number of carbonyl (C=O) groups excluding carboxylic acids is 3. The second-order valence-electron chi connectivity index (χ2n) is 6.68. The molecule has 8 nitrogen and oxygen atoms in total. The van der Waals surface area contributed by atoms with E-state index in [4.69, 9.17) is 32.7 Å². The Hall–Kier alpha value is -2.97. The minimum atomic E-state index is -0.513. The summed E-state index contributed by atoms with van der Waals surface area (Å²) in [5, 5.41) is 5.56. The monoisotopic (exact) mass is 465 g/mol. The summed E-state index contributed by atoms with van der Waals surface area (Å²) in [6, 6.07) is 9.93. The Morgan fingerprint density at radius 3 is 2.52 bits per heavy atom. The third-order valence-electron chi connectivity index (χ3n) is 4.57. The predicted molar refractivity (Wildman–Crippen MR) is 115 cm³/mol. The van der Waals surface area contributed by atoms with Gasteiger partial charge in [-0.3, -0.25) is 14.4 Å². The lowest BCUT2D eigenvalue weighted by atomic mass is 10.2. The van der Waals surface area contributed by atoms with Gasteiger partial charge in [0.05, 0.1) is 23.7 Å². The second-order valence-corrected chi connectivity index (χ2v) is 7.52. The summed E-state index contributed by atoms with van der Waals surface area (Å²) in [5.74, 6) is 0.0609. The van der Waals surface area contributed by atoms with E-state index in [0.29, 0.717) is 29.6 Å². The first kappa shape index (κ1) is 22.7. The van der Waals surface area contributed by atoms with E-state index in [1.165, 1.54) is 18.2 Å². The van der Waals surface area contributed by atoms with Crippen molar-refractivity contribution in [3.05, 3.63) is 57.6 Å². The highest BCUT2D eigenvalue weighted by molar-refractivity contribution is 6.36. The summed E-state index contributed by atoms with van der Waals surface area (Å²) in [7, 11) is 0. The molecule has 10 heteroatoms. The highest BCUT2D eigenvalue weighted by atomic mass is 35.5. The molecule has 164 valence electrons. The normalized spacial score (nSPS) is 11.7. The van der Waals surface area contributed by atoms with Gasteiger partial charge in [0.2, 0.25) is 18.6 Å². The van der Waals surface area contributed by atoms with E-state index < -0.39 is 11.8 Å². The smallest absolute Gasteiger partial charge is 0.253 e. The van der Waals surface area contributed by atoms with Gasteiger partial charge in [-0.2, -0.15) is 0 Å². The van der Waals surface area contributed by atoms with Crippen LogP contribution in [0.25, 0.3) is 0 Å². The average molecular weight is 466 g/mol. The molecule has 0 bridgehead atoms. The Morgan fingerprint density at radius 2 is 1.77 bits per heavy atom. The molecular weight excluding hydrogens is 445 g/mol. The maximum absolute atomic E-state index is 12.5. The van der Waals surface area contributed by atoms with Crippen LogP contribution < -0.4 is 20.1 Å². The van der Waals surface area contributed by atoms with Crippen molar-refractivity contribution in [2.24, 2.45) is 0 Å². The van der Waals surface area contributed by atoms with Gasteiger partial charge < -0.3 is 25.0 Å². The SMILES string of the molecule is CCN(Cc1ccc2c(c1)OCO2)C(=O)CNC(=O)CNC(=O)c1ccc(Cl)cc1Cl. The van der Waals surface area contributed by atoms with Crippen LogP contribution in [0.1, 0.15) is 22.8 Å². The molecule has 0 spiro atoms. The highest BCUT2D eigenvalue weighted by Crippen LogP contribution is 2.32. The Balaban J connectivity index is 1.46. The number of likely N-dealkylation sites (N-methyl/N-ethyl adjacent to an activating group) is 1. The fourth-order valence-corrected chi connectivity index (χ4v) is 3.41. The Labute approximate surface area is 189 Å². The molecule has 0 unspecified atom stereocenters. The van der Waals surface area contributed by atoms with Crippen molar-refractivity contribution >= 4 is 40.9 Å². The van der Waals surface area contributed by atoms with Crippen LogP contribution >= 0.6 is 23.2 Å². The Kier molecular flexibility index (Phi) is 7.59. The van der Waals surface area contributed by atoms with Gasteiger partial charge in [-0.15, -0.1) is 0 Å². The zero-order chi connectivity index (χ0) is 22.4. The predicted octanol–water partition coefficient (Wildman–Crippen LogP) is 2.62. The zero-order valence-corrected chi connectivity index (χ0v) is 18.3. The van der Waals surface area contributed by atoms with E-state index in [1.807, 2.05) is 19.1 Å². The molecule has 1 heterocycles. The minimum Gasteiger partial charge on any atom is -0.454 e. The van der Waals surface area contributed by atoms with Gasteiger partial charge in [-0.1, -0.05) is 29.3 Å².